The second kappa shape index (κ2) is 7.19. The predicted molar refractivity (Wildman–Crippen MR) is 89.4 cm³/mol. The third-order valence-electron chi connectivity index (χ3n) is 3.32. The lowest BCUT2D eigenvalue weighted by molar-refractivity contribution is 0.0600. The van der Waals surface area contributed by atoms with Crippen LogP contribution in [0.5, 0.6) is 0 Å². The number of nitrogens with zero attached hydrogens (tertiary/aromatic N) is 1. The maximum absolute atomic E-state index is 13.0. The molecule has 0 saturated heterocycles. The lowest BCUT2D eigenvalue weighted by atomic mass is 10.2. The van der Waals surface area contributed by atoms with E-state index in [1.54, 1.807) is 6.92 Å². The van der Waals surface area contributed by atoms with Gasteiger partial charge >= 0.3 is 5.97 Å². The Balaban J connectivity index is 2.55. The predicted octanol–water partition coefficient (Wildman–Crippen LogP) is 3.48. The van der Waals surface area contributed by atoms with Crippen LogP contribution in [0.4, 0.5) is 10.1 Å². The van der Waals surface area contributed by atoms with Gasteiger partial charge in [0.2, 0.25) is 0 Å². The summed E-state index contributed by atoms with van der Waals surface area (Å²) in [6, 6.07) is 8.68. The molecule has 0 amide bonds. The van der Waals surface area contributed by atoms with Crippen molar-refractivity contribution in [1.29, 1.82) is 0 Å². The van der Waals surface area contributed by atoms with Gasteiger partial charge in [0.05, 0.1) is 28.3 Å². The number of halogens is 2. The molecular formula is C16H15ClFNO4S. The summed E-state index contributed by atoms with van der Waals surface area (Å²) in [6.45, 7) is 1.70. The molecule has 0 fully saturated rings. The van der Waals surface area contributed by atoms with Crippen LogP contribution < -0.4 is 4.31 Å². The quantitative estimate of drug-likeness (QED) is 0.755. The van der Waals surface area contributed by atoms with E-state index in [2.05, 4.69) is 4.74 Å². The first-order valence-corrected chi connectivity index (χ1v) is 8.79. The molecule has 2 aromatic rings. The monoisotopic (exact) mass is 371 g/mol. The summed E-state index contributed by atoms with van der Waals surface area (Å²) in [5.41, 5.74) is 0.316. The topological polar surface area (TPSA) is 63.7 Å². The van der Waals surface area contributed by atoms with Gasteiger partial charge in [-0.15, -0.1) is 0 Å². The zero-order valence-electron chi connectivity index (χ0n) is 13.0. The van der Waals surface area contributed by atoms with Crippen molar-refractivity contribution in [1.82, 2.24) is 0 Å². The third-order valence-corrected chi connectivity index (χ3v) is 5.55. The number of rotatable bonds is 5. The summed E-state index contributed by atoms with van der Waals surface area (Å²) >= 11 is 6.12. The van der Waals surface area contributed by atoms with E-state index in [1.807, 2.05) is 0 Å². The molecule has 2 rings (SSSR count). The Bertz CT molecular complexity index is 853. The van der Waals surface area contributed by atoms with E-state index in [0.717, 1.165) is 16.4 Å². The minimum Gasteiger partial charge on any atom is -0.465 e. The van der Waals surface area contributed by atoms with Crippen molar-refractivity contribution in [3.05, 3.63) is 58.9 Å². The molecule has 0 aliphatic heterocycles. The normalized spacial score (nSPS) is 11.2. The molecule has 128 valence electrons. The van der Waals surface area contributed by atoms with Crippen molar-refractivity contribution in [2.24, 2.45) is 0 Å². The molecule has 0 N–H and O–H groups in total. The van der Waals surface area contributed by atoms with Crippen molar-refractivity contribution in [2.75, 3.05) is 18.0 Å². The Hall–Kier alpha value is -2.12. The number of ether oxygens (including phenoxy) is 1. The van der Waals surface area contributed by atoms with Crippen LogP contribution in [0.15, 0.2) is 47.4 Å². The number of anilines is 1. The molecule has 0 aromatic heterocycles. The van der Waals surface area contributed by atoms with Gasteiger partial charge in [-0.3, -0.25) is 4.31 Å². The number of methoxy groups -OCH3 is 1. The van der Waals surface area contributed by atoms with E-state index >= 15 is 0 Å². The fourth-order valence-electron chi connectivity index (χ4n) is 2.15. The molecule has 2 aromatic carbocycles. The maximum atomic E-state index is 13.0. The van der Waals surface area contributed by atoms with Crippen LogP contribution in [-0.2, 0) is 14.8 Å². The van der Waals surface area contributed by atoms with Crippen LogP contribution in [0.25, 0.3) is 0 Å². The molecular weight excluding hydrogens is 357 g/mol. The molecule has 0 heterocycles. The summed E-state index contributed by atoms with van der Waals surface area (Å²) in [5.74, 6) is -1.15. The fourth-order valence-corrected chi connectivity index (χ4v) is 3.91. The van der Waals surface area contributed by atoms with Crippen LogP contribution >= 0.6 is 11.6 Å². The lowest BCUT2D eigenvalue weighted by Gasteiger charge is -2.24. The summed E-state index contributed by atoms with van der Waals surface area (Å²) in [4.78, 5) is 11.6. The second-order valence-corrected chi connectivity index (χ2v) is 7.05. The average molecular weight is 372 g/mol. The summed E-state index contributed by atoms with van der Waals surface area (Å²) in [5, 5.41) is 0.162. The van der Waals surface area contributed by atoms with Crippen molar-refractivity contribution in [2.45, 2.75) is 11.8 Å². The lowest BCUT2D eigenvalue weighted by Crippen LogP contribution is -2.31. The highest BCUT2D eigenvalue weighted by Crippen LogP contribution is 2.31. The Kier molecular flexibility index (Phi) is 5.46. The summed E-state index contributed by atoms with van der Waals surface area (Å²) in [6.07, 6.45) is 0. The van der Waals surface area contributed by atoms with Gasteiger partial charge in [0, 0.05) is 6.54 Å². The van der Waals surface area contributed by atoms with Crippen LogP contribution in [0, 0.1) is 5.82 Å². The van der Waals surface area contributed by atoms with Crippen LogP contribution in [0.2, 0.25) is 5.02 Å². The fraction of sp³-hybridized carbons (Fsp3) is 0.188. The molecule has 8 heteroatoms. The number of sulfonamides is 1. The molecule has 0 spiro atoms. The van der Waals surface area contributed by atoms with E-state index in [4.69, 9.17) is 11.6 Å². The zero-order valence-corrected chi connectivity index (χ0v) is 14.6. The van der Waals surface area contributed by atoms with Gasteiger partial charge in [0.1, 0.15) is 5.82 Å². The van der Waals surface area contributed by atoms with Gasteiger partial charge in [-0.05, 0) is 49.4 Å². The number of hydrogen-bond acceptors (Lipinski definition) is 4. The number of benzene rings is 2. The smallest absolute Gasteiger partial charge is 0.337 e. The third kappa shape index (κ3) is 3.52. The number of carbonyl (C=O) groups is 1. The van der Waals surface area contributed by atoms with Gasteiger partial charge in [0.25, 0.3) is 10.0 Å². The Morgan fingerprint density at radius 1 is 1.21 bits per heavy atom. The van der Waals surface area contributed by atoms with Crippen LogP contribution in [0.3, 0.4) is 0 Å². The van der Waals surface area contributed by atoms with Crippen LogP contribution in [-0.4, -0.2) is 28.0 Å². The van der Waals surface area contributed by atoms with Gasteiger partial charge in [-0.1, -0.05) is 11.6 Å². The Morgan fingerprint density at radius 2 is 1.83 bits per heavy atom. The standard InChI is InChI=1S/C16H15ClFNO4S/c1-3-19(24(21,22)13-7-5-12(18)6-8-13)15-10-11(16(20)23-2)4-9-14(15)17/h4-10H,3H2,1-2H3. The number of hydrogen-bond donors (Lipinski definition) is 0. The van der Waals surface area contributed by atoms with Gasteiger partial charge in [-0.2, -0.15) is 0 Å². The molecule has 0 unspecified atom stereocenters. The summed E-state index contributed by atoms with van der Waals surface area (Å²) in [7, 11) is -2.74. The first-order chi connectivity index (χ1) is 11.3. The minimum absolute atomic E-state index is 0.0735. The van der Waals surface area contributed by atoms with Gasteiger partial charge < -0.3 is 4.74 Å². The van der Waals surface area contributed by atoms with Gasteiger partial charge in [0.15, 0.2) is 0 Å². The molecule has 5 nitrogen and oxygen atoms in total. The molecule has 0 radical (unpaired) electrons. The highest BCUT2D eigenvalue weighted by molar-refractivity contribution is 7.92. The first kappa shape index (κ1) is 18.2. The molecule has 0 aliphatic rings. The molecule has 0 bridgehead atoms. The van der Waals surface area contributed by atoms with Crippen LogP contribution in [0.1, 0.15) is 17.3 Å². The van der Waals surface area contributed by atoms with E-state index in [9.17, 15) is 17.6 Å². The number of esters is 1. The van der Waals surface area contributed by atoms with Crippen molar-refractivity contribution >= 4 is 33.3 Å². The maximum Gasteiger partial charge on any atom is 0.337 e. The first-order valence-electron chi connectivity index (χ1n) is 6.97. The highest BCUT2D eigenvalue weighted by Gasteiger charge is 2.26. The van der Waals surface area contributed by atoms with E-state index in [1.165, 1.54) is 37.4 Å². The average Bonchev–Trinajstić information content (AvgIpc) is 2.56. The zero-order chi connectivity index (χ0) is 17.9. The molecule has 0 aliphatic carbocycles. The molecule has 0 saturated carbocycles. The van der Waals surface area contributed by atoms with Crippen molar-refractivity contribution in [3.8, 4) is 0 Å². The molecule has 24 heavy (non-hydrogen) atoms. The minimum atomic E-state index is -3.96. The highest BCUT2D eigenvalue weighted by atomic mass is 35.5. The molecule has 0 atom stereocenters. The van der Waals surface area contributed by atoms with Crippen molar-refractivity contribution in [3.63, 3.8) is 0 Å². The Labute approximate surface area is 144 Å². The van der Waals surface area contributed by atoms with E-state index in [-0.39, 0.29) is 27.7 Å². The van der Waals surface area contributed by atoms with Gasteiger partial charge in [-0.25, -0.2) is 17.6 Å². The second-order valence-electron chi connectivity index (χ2n) is 4.78. The van der Waals surface area contributed by atoms with E-state index in [0.29, 0.717) is 0 Å². The SMILES string of the molecule is CCN(c1cc(C(=O)OC)ccc1Cl)S(=O)(=O)c1ccc(F)cc1. The van der Waals surface area contributed by atoms with Crippen molar-refractivity contribution < 1.29 is 22.3 Å². The van der Waals surface area contributed by atoms with E-state index < -0.39 is 21.8 Å². The Morgan fingerprint density at radius 3 is 2.38 bits per heavy atom. The number of carbonyl (C=O) groups excluding carboxylic acids is 1. The largest absolute Gasteiger partial charge is 0.465 e. The summed E-state index contributed by atoms with van der Waals surface area (Å²) < 4.78 is 44.3.